The molecular weight excluding hydrogens is 403 g/mol. The molecule has 3 rings (SSSR count). The molecule has 2 atom stereocenters. The van der Waals surface area contributed by atoms with Crippen molar-refractivity contribution in [1.82, 2.24) is 0 Å². The molecule has 0 spiro atoms. The van der Waals surface area contributed by atoms with Crippen molar-refractivity contribution in [3.63, 3.8) is 0 Å². The Morgan fingerprint density at radius 3 is 1.38 bits per heavy atom. The highest BCUT2D eigenvalue weighted by atomic mass is 31.2. The molecule has 3 aromatic carbocycles. The summed E-state index contributed by atoms with van der Waals surface area (Å²) in [6.45, 7) is 7.22. The van der Waals surface area contributed by atoms with Gasteiger partial charge in [-0.2, -0.15) is 0 Å². The molecular formula is C31H42P+. The van der Waals surface area contributed by atoms with Crippen LogP contribution in [0, 0.1) is 11.8 Å². The van der Waals surface area contributed by atoms with E-state index in [1.54, 1.807) is 0 Å². The van der Waals surface area contributed by atoms with Crippen LogP contribution in [-0.4, -0.2) is 6.16 Å². The quantitative estimate of drug-likeness (QED) is 0.185. The third-order valence-corrected chi connectivity index (χ3v) is 11.4. The lowest BCUT2D eigenvalue weighted by Gasteiger charge is -2.28. The summed E-state index contributed by atoms with van der Waals surface area (Å²) in [5, 5.41) is 4.54. The molecule has 0 N–H and O–H groups in total. The molecule has 1 heteroatoms. The van der Waals surface area contributed by atoms with Gasteiger partial charge in [-0.3, -0.25) is 0 Å². The maximum Gasteiger partial charge on any atom is 0.112 e. The van der Waals surface area contributed by atoms with Crippen molar-refractivity contribution in [3.05, 3.63) is 91.0 Å². The normalized spacial score (nSPS) is 13.6. The molecule has 170 valence electrons. The second kappa shape index (κ2) is 13.0. The zero-order valence-electron chi connectivity index (χ0n) is 20.4. The SMILES string of the molecule is CCCC[C@H](C)C[C@H](C)CCCC[P+](c1ccccc1)(c1ccccc1)c1ccccc1. The van der Waals surface area contributed by atoms with Crippen molar-refractivity contribution in [2.75, 3.05) is 6.16 Å². The molecule has 0 aliphatic heterocycles. The van der Waals surface area contributed by atoms with Crippen molar-refractivity contribution >= 4 is 23.2 Å². The molecule has 3 aromatic rings. The predicted molar refractivity (Wildman–Crippen MR) is 146 cm³/mol. The standard InChI is InChI=1S/C31H42P/c1-4-5-17-27(2)26-28(3)18-15-16-25-32(29-19-9-6-10-20-29,30-21-11-7-12-22-30)31-23-13-8-14-24-31/h6-14,19-24,27-28H,4-5,15-18,25-26H2,1-3H3/q+1/t27-,28+/m0/s1. The van der Waals surface area contributed by atoms with Gasteiger partial charge < -0.3 is 0 Å². The predicted octanol–water partition coefficient (Wildman–Crippen LogP) is 8.00. The Balaban J connectivity index is 1.78. The van der Waals surface area contributed by atoms with Crippen LogP contribution in [0.1, 0.15) is 65.7 Å². The molecule has 0 nitrogen and oxygen atoms in total. The van der Waals surface area contributed by atoms with Gasteiger partial charge in [-0.05, 0) is 67.5 Å². The van der Waals surface area contributed by atoms with Gasteiger partial charge in [-0.1, -0.05) is 101 Å². The highest BCUT2D eigenvalue weighted by Gasteiger charge is 2.44. The second-order valence-corrected chi connectivity index (χ2v) is 13.2. The van der Waals surface area contributed by atoms with E-state index in [1.165, 1.54) is 67.0 Å². The first kappa shape index (κ1) is 24.7. The van der Waals surface area contributed by atoms with E-state index in [0.717, 1.165) is 11.8 Å². The van der Waals surface area contributed by atoms with Gasteiger partial charge in [0.15, 0.2) is 0 Å². The number of hydrogen-bond donors (Lipinski definition) is 0. The number of benzene rings is 3. The first-order valence-electron chi connectivity index (χ1n) is 12.7. The summed E-state index contributed by atoms with van der Waals surface area (Å²) in [6.07, 6.45) is 10.7. The van der Waals surface area contributed by atoms with Crippen molar-refractivity contribution < 1.29 is 0 Å². The highest BCUT2D eigenvalue weighted by Crippen LogP contribution is 2.56. The van der Waals surface area contributed by atoms with Gasteiger partial charge in [-0.15, -0.1) is 0 Å². The summed E-state index contributed by atoms with van der Waals surface area (Å²) in [7, 11) is -1.66. The van der Waals surface area contributed by atoms with E-state index in [-0.39, 0.29) is 0 Å². The molecule has 0 unspecified atom stereocenters. The van der Waals surface area contributed by atoms with E-state index in [1.807, 2.05) is 0 Å². The summed E-state index contributed by atoms with van der Waals surface area (Å²) in [4.78, 5) is 0. The zero-order chi connectivity index (χ0) is 22.7. The highest BCUT2D eigenvalue weighted by molar-refractivity contribution is 7.95. The molecule has 0 saturated heterocycles. The van der Waals surface area contributed by atoms with Gasteiger partial charge in [0.25, 0.3) is 0 Å². The van der Waals surface area contributed by atoms with Gasteiger partial charge in [0, 0.05) is 0 Å². The Kier molecular flexibility index (Phi) is 10.0. The smallest absolute Gasteiger partial charge is 0.0654 e. The van der Waals surface area contributed by atoms with Crippen LogP contribution in [0.25, 0.3) is 0 Å². The van der Waals surface area contributed by atoms with Crippen LogP contribution in [0.15, 0.2) is 91.0 Å². The van der Waals surface area contributed by atoms with Crippen LogP contribution in [0.2, 0.25) is 0 Å². The minimum Gasteiger partial charge on any atom is -0.0654 e. The lowest BCUT2D eigenvalue weighted by atomic mass is 9.90. The van der Waals surface area contributed by atoms with Gasteiger partial charge >= 0.3 is 0 Å². The summed E-state index contributed by atoms with van der Waals surface area (Å²) < 4.78 is 0. The Morgan fingerprint density at radius 1 is 0.562 bits per heavy atom. The van der Waals surface area contributed by atoms with Gasteiger partial charge in [0.1, 0.15) is 23.2 Å². The average molecular weight is 446 g/mol. The first-order chi connectivity index (χ1) is 15.7. The molecule has 32 heavy (non-hydrogen) atoms. The maximum atomic E-state index is 2.47. The van der Waals surface area contributed by atoms with E-state index in [0.29, 0.717) is 0 Å². The van der Waals surface area contributed by atoms with Crippen molar-refractivity contribution in [2.24, 2.45) is 11.8 Å². The van der Waals surface area contributed by atoms with Crippen molar-refractivity contribution in [2.45, 2.75) is 65.7 Å². The van der Waals surface area contributed by atoms with Crippen LogP contribution in [0.3, 0.4) is 0 Å². The van der Waals surface area contributed by atoms with Crippen LogP contribution >= 0.6 is 7.26 Å². The summed E-state index contributed by atoms with van der Waals surface area (Å²) >= 11 is 0. The minimum atomic E-state index is -1.66. The minimum absolute atomic E-state index is 0.833. The molecule has 0 aromatic heterocycles. The third-order valence-electron chi connectivity index (χ3n) is 6.89. The lowest BCUT2D eigenvalue weighted by Crippen LogP contribution is -2.33. The summed E-state index contributed by atoms with van der Waals surface area (Å²) in [6, 6.07) is 34.0. The van der Waals surface area contributed by atoms with Crippen LogP contribution in [0.5, 0.6) is 0 Å². The lowest BCUT2D eigenvalue weighted by molar-refractivity contribution is 0.363. The van der Waals surface area contributed by atoms with Gasteiger partial charge in [-0.25, -0.2) is 0 Å². The second-order valence-electron chi connectivity index (χ2n) is 9.62. The first-order valence-corrected chi connectivity index (χ1v) is 14.7. The molecule has 0 saturated carbocycles. The van der Waals surface area contributed by atoms with Crippen molar-refractivity contribution in [1.29, 1.82) is 0 Å². The van der Waals surface area contributed by atoms with E-state index < -0.39 is 7.26 Å². The van der Waals surface area contributed by atoms with E-state index in [9.17, 15) is 0 Å². The molecule has 0 heterocycles. The number of hydrogen-bond acceptors (Lipinski definition) is 0. The summed E-state index contributed by atoms with van der Waals surface area (Å²) in [5.74, 6) is 1.70. The zero-order valence-corrected chi connectivity index (χ0v) is 21.3. The Bertz CT molecular complexity index is 775. The molecule has 0 radical (unpaired) electrons. The van der Waals surface area contributed by atoms with Gasteiger partial charge in [0.05, 0.1) is 6.16 Å². The third kappa shape index (κ3) is 6.55. The van der Waals surface area contributed by atoms with Crippen LogP contribution in [-0.2, 0) is 0 Å². The van der Waals surface area contributed by atoms with E-state index in [2.05, 4.69) is 112 Å². The van der Waals surface area contributed by atoms with Crippen molar-refractivity contribution in [3.8, 4) is 0 Å². The number of unbranched alkanes of at least 4 members (excludes halogenated alkanes) is 2. The van der Waals surface area contributed by atoms with E-state index in [4.69, 9.17) is 0 Å². The summed E-state index contributed by atoms with van der Waals surface area (Å²) in [5.41, 5.74) is 0. The fourth-order valence-corrected chi connectivity index (χ4v) is 9.61. The van der Waals surface area contributed by atoms with Crippen LogP contribution in [0.4, 0.5) is 0 Å². The topological polar surface area (TPSA) is 0 Å². The fraction of sp³-hybridized carbons (Fsp3) is 0.419. The van der Waals surface area contributed by atoms with Gasteiger partial charge in [0.2, 0.25) is 0 Å². The molecule has 0 amide bonds. The molecule has 0 aliphatic carbocycles. The Labute approximate surface area is 197 Å². The number of rotatable bonds is 13. The Hall–Kier alpha value is -1.91. The molecule has 0 bridgehead atoms. The van der Waals surface area contributed by atoms with Crippen LogP contribution < -0.4 is 15.9 Å². The molecule has 0 aliphatic rings. The molecule has 0 fully saturated rings. The maximum absolute atomic E-state index is 2.47. The van der Waals surface area contributed by atoms with E-state index >= 15 is 0 Å². The fourth-order valence-electron chi connectivity index (χ4n) is 5.20. The monoisotopic (exact) mass is 445 g/mol. The Morgan fingerprint density at radius 2 is 0.969 bits per heavy atom. The average Bonchev–Trinajstić information content (AvgIpc) is 2.84. The largest absolute Gasteiger partial charge is 0.112 e.